The number of nitriles is 1. The minimum absolute atomic E-state index is 0.00383. The first kappa shape index (κ1) is 17.1. The lowest BCUT2D eigenvalue weighted by molar-refractivity contribution is -0.132. The predicted molar refractivity (Wildman–Crippen MR) is 83.1 cm³/mol. The molecule has 7 heteroatoms. The maximum Gasteiger partial charge on any atom is 0.239 e. The van der Waals surface area contributed by atoms with E-state index in [4.69, 9.17) is 5.26 Å². The van der Waals surface area contributed by atoms with Gasteiger partial charge >= 0.3 is 0 Å². The second-order valence-electron chi connectivity index (χ2n) is 4.56. The summed E-state index contributed by atoms with van der Waals surface area (Å²) in [6.45, 7) is 5.48. The Kier molecular flexibility index (Phi) is 6.85. The van der Waals surface area contributed by atoms with E-state index in [2.05, 4.69) is 5.32 Å². The average Bonchev–Trinajstić information content (AvgIpc) is 2.86. The minimum Gasteiger partial charge on any atom is -0.342 e. The van der Waals surface area contributed by atoms with Crippen molar-refractivity contribution in [2.75, 3.05) is 38.5 Å². The molecule has 0 spiro atoms. The highest BCUT2D eigenvalue weighted by molar-refractivity contribution is 7.14. The van der Waals surface area contributed by atoms with Crippen molar-refractivity contribution in [3.63, 3.8) is 0 Å². The monoisotopic (exact) mass is 308 g/mol. The van der Waals surface area contributed by atoms with E-state index in [0.29, 0.717) is 23.7 Å². The molecule has 0 saturated heterocycles. The fourth-order valence-corrected chi connectivity index (χ4v) is 2.62. The van der Waals surface area contributed by atoms with E-state index in [-0.39, 0.29) is 24.9 Å². The molecule has 1 N–H and O–H groups in total. The van der Waals surface area contributed by atoms with E-state index in [1.807, 2.05) is 19.9 Å². The van der Waals surface area contributed by atoms with Crippen LogP contribution in [0.2, 0.25) is 0 Å². The van der Waals surface area contributed by atoms with Crippen LogP contribution in [-0.4, -0.2) is 54.8 Å². The molecule has 1 heterocycles. The number of nitrogens with zero attached hydrogens (tertiary/aromatic N) is 3. The van der Waals surface area contributed by atoms with Crippen LogP contribution in [-0.2, 0) is 9.59 Å². The summed E-state index contributed by atoms with van der Waals surface area (Å²) < 4.78 is 0. The van der Waals surface area contributed by atoms with Crippen LogP contribution in [0.3, 0.4) is 0 Å². The lowest BCUT2D eigenvalue weighted by Crippen LogP contribution is -2.41. The fraction of sp³-hybridized carbons (Fsp3) is 0.500. The van der Waals surface area contributed by atoms with Crippen LogP contribution in [0.4, 0.5) is 5.00 Å². The summed E-state index contributed by atoms with van der Waals surface area (Å²) in [4.78, 5) is 27.2. The van der Waals surface area contributed by atoms with Crippen LogP contribution in [0.15, 0.2) is 11.4 Å². The Morgan fingerprint density at radius 2 is 2.00 bits per heavy atom. The van der Waals surface area contributed by atoms with Gasteiger partial charge in [-0.05, 0) is 32.3 Å². The van der Waals surface area contributed by atoms with Gasteiger partial charge in [0.1, 0.15) is 11.1 Å². The van der Waals surface area contributed by atoms with Crippen molar-refractivity contribution in [3.8, 4) is 6.07 Å². The normalized spacial score (nSPS) is 10.2. The summed E-state index contributed by atoms with van der Waals surface area (Å²) in [7, 11) is 1.72. The Morgan fingerprint density at radius 3 is 2.57 bits per heavy atom. The lowest BCUT2D eigenvalue weighted by atomic mass is 10.3. The SMILES string of the molecule is CCN(CC)C(=O)CN(C)CC(=O)Nc1sccc1C#N. The van der Waals surface area contributed by atoms with Gasteiger partial charge in [-0.2, -0.15) is 5.26 Å². The van der Waals surface area contributed by atoms with Crippen molar-refractivity contribution >= 4 is 28.2 Å². The summed E-state index contributed by atoms with van der Waals surface area (Å²) in [5.74, 6) is -0.229. The number of hydrogen-bond donors (Lipinski definition) is 1. The molecule has 0 fully saturated rings. The molecule has 0 radical (unpaired) electrons. The fourth-order valence-electron chi connectivity index (χ4n) is 1.87. The van der Waals surface area contributed by atoms with E-state index in [1.165, 1.54) is 11.3 Å². The Hall–Kier alpha value is -1.91. The Morgan fingerprint density at radius 1 is 1.33 bits per heavy atom. The van der Waals surface area contributed by atoms with Gasteiger partial charge in [0.25, 0.3) is 0 Å². The second-order valence-corrected chi connectivity index (χ2v) is 5.48. The number of carbonyl (C=O) groups excluding carboxylic acids is 2. The first-order valence-corrected chi connectivity index (χ1v) is 7.63. The average molecular weight is 308 g/mol. The number of anilines is 1. The molecule has 1 aromatic rings. The summed E-state index contributed by atoms with van der Waals surface area (Å²) in [5.41, 5.74) is 0.454. The van der Waals surface area contributed by atoms with Crippen LogP contribution in [0.25, 0.3) is 0 Å². The van der Waals surface area contributed by atoms with Crippen molar-refractivity contribution in [2.24, 2.45) is 0 Å². The molecule has 0 aromatic carbocycles. The van der Waals surface area contributed by atoms with Crippen LogP contribution in [0, 0.1) is 11.3 Å². The van der Waals surface area contributed by atoms with Crippen molar-refractivity contribution < 1.29 is 9.59 Å². The zero-order chi connectivity index (χ0) is 15.8. The third-order valence-corrected chi connectivity index (χ3v) is 3.80. The van der Waals surface area contributed by atoms with Crippen molar-refractivity contribution in [1.29, 1.82) is 5.26 Å². The van der Waals surface area contributed by atoms with Crippen molar-refractivity contribution in [2.45, 2.75) is 13.8 Å². The molecule has 6 nitrogen and oxygen atoms in total. The Bertz CT molecular complexity index is 531. The van der Waals surface area contributed by atoms with E-state index < -0.39 is 0 Å². The van der Waals surface area contributed by atoms with E-state index in [1.54, 1.807) is 28.3 Å². The van der Waals surface area contributed by atoms with Crippen molar-refractivity contribution in [3.05, 3.63) is 17.0 Å². The molecule has 1 aromatic heterocycles. The molecule has 0 unspecified atom stereocenters. The van der Waals surface area contributed by atoms with Gasteiger partial charge in [0, 0.05) is 13.1 Å². The van der Waals surface area contributed by atoms with E-state index in [0.717, 1.165) is 0 Å². The number of carbonyl (C=O) groups is 2. The standard InChI is InChI=1S/C14H20N4O2S/c1-4-18(5-2)13(20)10-17(3)9-12(19)16-14-11(8-15)6-7-21-14/h6-7H,4-5,9-10H2,1-3H3,(H,16,19). The summed E-state index contributed by atoms with van der Waals surface area (Å²) >= 11 is 1.31. The molecule has 0 aliphatic heterocycles. The highest BCUT2D eigenvalue weighted by Gasteiger charge is 2.15. The number of thiophene rings is 1. The molecule has 1 rings (SSSR count). The van der Waals surface area contributed by atoms with Gasteiger partial charge in [0.05, 0.1) is 18.7 Å². The number of amides is 2. The second kappa shape index (κ2) is 8.39. The van der Waals surface area contributed by atoms with E-state index in [9.17, 15) is 9.59 Å². The number of likely N-dealkylation sites (N-methyl/N-ethyl adjacent to an activating group) is 2. The molecular weight excluding hydrogens is 288 g/mol. The molecule has 0 bridgehead atoms. The summed E-state index contributed by atoms with van der Waals surface area (Å²) in [6.07, 6.45) is 0. The van der Waals surface area contributed by atoms with Gasteiger partial charge in [-0.25, -0.2) is 0 Å². The topological polar surface area (TPSA) is 76.4 Å². The van der Waals surface area contributed by atoms with Gasteiger partial charge in [-0.15, -0.1) is 11.3 Å². The third-order valence-electron chi connectivity index (χ3n) is 2.97. The first-order valence-electron chi connectivity index (χ1n) is 6.75. The number of rotatable bonds is 7. The van der Waals surface area contributed by atoms with Crippen LogP contribution < -0.4 is 5.32 Å². The molecule has 114 valence electrons. The quantitative estimate of drug-likeness (QED) is 0.825. The van der Waals surface area contributed by atoms with Crippen LogP contribution >= 0.6 is 11.3 Å². The third kappa shape index (κ3) is 5.17. The highest BCUT2D eigenvalue weighted by Crippen LogP contribution is 2.21. The van der Waals surface area contributed by atoms with Gasteiger partial charge in [-0.1, -0.05) is 0 Å². The number of hydrogen-bond acceptors (Lipinski definition) is 5. The molecule has 0 aliphatic rings. The largest absolute Gasteiger partial charge is 0.342 e. The number of nitrogens with one attached hydrogen (secondary N) is 1. The molecule has 0 atom stereocenters. The maximum atomic E-state index is 11.9. The van der Waals surface area contributed by atoms with Gasteiger partial charge < -0.3 is 10.2 Å². The highest BCUT2D eigenvalue weighted by atomic mass is 32.1. The molecule has 0 saturated carbocycles. The Balaban J connectivity index is 2.48. The zero-order valence-corrected chi connectivity index (χ0v) is 13.4. The molecular formula is C14H20N4O2S. The first-order chi connectivity index (χ1) is 10.0. The van der Waals surface area contributed by atoms with Gasteiger partial charge in [0.2, 0.25) is 11.8 Å². The van der Waals surface area contributed by atoms with Crippen LogP contribution in [0.5, 0.6) is 0 Å². The molecule has 2 amide bonds. The Labute approximate surface area is 129 Å². The molecule has 21 heavy (non-hydrogen) atoms. The van der Waals surface area contributed by atoms with Crippen LogP contribution in [0.1, 0.15) is 19.4 Å². The summed E-state index contributed by atoms with van der Waals surface area (Å²) in [5, 5.41) is 13.9. The zero-order valence-electron chi connectivity index (χ0n) is 12.5. The summed E-state index contributed by atoms with van der Waals surface area (Å²) in [6, 6.07) is 3.68. The van der Waals surface area contributed by atoms with E-state index >= 15 is 0 Å². The van der Waals surface area contributed by atoms with Crippen molar-refractivity contribution in [1.82, 2.24) is 9.80 Å². The van der Waals surface area contributed by atoms with Gasteiger partial charge in [0.15, 0.2) is 0 Å². The maximum absolute atomic E-state index is 11.9. The predicted octanol–water partition coefficient (Wildman–Crippen LogP) is 1.36. The van der Waals surface area contributed by atoms with Gasteiger partial charge in [-0.3, -0.25) is 14.5 Å². The minimum atomic E-state index is -0.233. The lowest BCUT2D eigenvalue weighted by Gasteiger charge is -2.22. The smallest absolute Gasteiger partial charge is 0.239 e. The molecule has 0 aliphatic carbocycles.